The molecule has 1 aliphatic carbocycles. The average molecular weight is 413 g/mol. The van der Waals surface area contributed by atoms with Crippen LogP contribution in [0.5, 0.6) is 0 Å². The van der Waals surface area contributed by atoms with Crippen molar-refractivity contribution in [1.82, 2.24) is 14.9 Å². The van der Waals surface area contributed by atoms with Crippen LogP contribution < -0.4 is 10.5 Å². The second-order valence-corrected chi connectivity index (χ2v) is 9.34. The van der Waals surface area contributed by atoms with Crippen molar-refractivity contribution in [3.8, 4) is 0 Å². The van der Waals surface area contributed by atoms with Gasteiger partial charge in [-0.25, -0.2) is 9.37 Å². The SMILES string of the molecule is CC1CCc2c(sc3nc(CN4CCN(c5ccccc5F)CC4)[nH]c(=O)c23)C1. The number of hydrogen-bond acceptors (Lipinski definition) is 5. The van der Waals surface area contributed by atoms with E-state index in [4.69, 9.17) is 4.98 Å². The standard InChI is InChI=1S/C22H25FN4OS/c1-14-6-7-15-18(12-14)29-22-20(15)21(28)24-19(25-22)13-26-8-10-27(11-9-26)17-5-3-2-4-16(17)23/h2-5,14H,6-13H2,1H3,(H,24,25,28). The number of aryl methyl sites for hydroxylation is 1. The number of fused-ring (bicyclic) bond motifs is 3. The Labute approximate surface area is 173 Å². The lowest BCUT2D eigenvalue weighted by molar-refractivity contribution is 0.243. The van der Waals surface area contributed by atoms with Gasteiger partial charge in [0.25, 0.3) is 5.56 Å². The van der Waals surface area contributed by atoms with Crippen LogP contribution in [0.3, 0.4) is 0 Å². The molecule has 0 amide bonds. The molecule has 2 aliphatic rings. The van der Waals surface area contributed by atoms with Gasteiger partial charge in [-0.15, -0.1) is 11.3 Å². The zero-order valence-corrected chi connectivity index (χ0v) is 17.4. The summed E-state index contributed by atoms with van der Waals surface area (Å²) >= 11 is 1.69. The van der Waals surface area contributed by atoms with Crippen molar-refractivity contribution in [2.45, 2.75) is 32.7 Å². The number of thiophene rings is 1. The molecule has 5 rings (SSSR count). The second kappa shape index (κ2) is 7.54. The molecule has 3 aromatic rings. The fraction of sp³-hybridized carbons (Fsp3) is 0.455. The van der Waals surface area contributed by atoms with Gasteiger partial charge in [0.05, 0.1) is 17.6 Å². The quantitative estimate of drug-likeness (QED) is 0.715. The van der Waals surface area contributed by atoms with Gasteiger partial charge >= 0.3 is 0 Å². The minimum atomic E-state index is -0.173. The molecule has 1 aromatic carbocycles. The zero-order chi connectivity index (χ0) is 20.0. The van der Waals surface area contributed by atoms with E-state index in [-0.39, 0.29) is 11.4 Å². The lowest BCUT2D eigenvalue weighted by atomic mass is 9.89. The lowest BCUT2D eigenvalue weighted by Gasteiger charge is -2.35. The highest BCUT2D eigenvalue weighted by Crippen LogP contribution is 2.35. The molecule has 1 fully saturated rings. The first-order valence-electron chi connectivity index (χ1n) is 10.3. The highest BCUT2D eigenvalue weighted by molar-refractivity contribution is 7.18. The predicted molar refractivity (Wildman–Crippen MR) is 115 cm³/mol. The Bertz CT molecular complexity index is 1100. The van der Waals surface area contributed by atoms with E-state index in [0.717, 1.165) is 61.5 Å². The van der Waals surface area contributed by atoms with Crippen LogP contribution in [0.25, 0.3) is 10.2 Å². The van der Waals surface area contributed by atoms with Gasteiger partial charge in [-0.05, 0) is 42.9 Å². The summed E-state index contributed by atoms with van der Waals surface area (Å²) < 4.78 is 14.0. The van der Waals surface area contributed by atoms with Crippen LogP contribution in [-0.4, -0.2) is 41.0 Å². The zero-order valence-electron chi connectivity index (χ0n) is 16.6. The van der Waals surface area contributed by atoms with Gasteiger partial charge in [0.2, 0.25) is 0 Å². The third-order valence-electron chi connectivity index (χ3n) is 6.15. The molecule has 5 nitrogen and oxygen atoms in total. The van der Waals surface area contributed by atoms with Crippen LogP contribution in [0.4, 0.5) is 10.1 Å². The number of rotatable bonds is 3. The van der Waals surface area contributed by atoms with Crippen LogP contribution in [0.2, 0.25) is 0 Å². The lowest BCUT2D eigenvalue weighted by Crippen LogP contribution is -2.46. The Balaban J connectivity index is 1.31. The second-order valence-electron chi connectivity index (χ2n) is 8.26. The topological polar surface area (TPSA) is 52.2 Å². The fourth-order valence-corrected chi connectivity index (χ4v) is 5.94. The molecule has 1 saturated heterocycles. The minimum absolute atomic E-state index is 0.00189. The summed E-state index contributed by atoms with van der Waals surface area (Å²) in [5.41, 5.74) is 1.89. The van der Waals surface area contributed by atoms with E-state index < -0.39 is 0 Å². The highest BCUT2D eigenvalue weighted by Gasteiger charge is 2.24. The summed E-state index contributed by atoms with van der Waals surface area (Å²) in [6, 6.07) is 6.93. The summed E-state index contributed by atoms with van der Waals surface area (Å²) in [6.45, 7) is 6.05. The highest BCUT2D eigenvalue weighted by atomic mass is 32.1. The maximum atomic E-state index is 14.0. The molecule has 152 valence electrons. The molecule has 1 atom stereocenters. The average Bonchev–Trinajstić information content (AvgIpc) is 3.07. The van der Waals surface area contributed by atoms with Crippen molar-refractivity contribution in [3.63, 3.8) is 0 Å². The molecule has 3 heterocycles. The van der Waals surface area contributed by atoms with Crippen LogP contribution in [0.1, 0.15) is 29.6 Å². The van der Waals surface area contributed by atoms with E-state index in [9.17, 15) is 9.18 Å². The van der Waals surface area contributed by atoms with E-state index in [1.807, 2.05) is 12.1 Å². The van der Waals surface area contributed by atoms with Gasteiger partial charge < -0.3 is 9.88 Å². The molecule has 2 aromatic heterocycles. The third kappa shape index (κ3) is 3.57. The fourth-order valence-electron chi connectivity index (χ4n) is 4.54. The number of nitrogens with zero attached hydrogens (tertiary/aromatic N) is 3. The monoisotopic (exact) mass is 412 g/mol. The van der Waals surface area contributed by atoms with Gasteiger partial charge in [0.15, 0.2) is 0 Å². The van der Waals surface area contributed by atoms with Gasteiger partial charge in [-0.2, -0.15) is 0 Å². The first-order chi connectivity index (χ1) is 14.1. The molecular weight excluding hydrogens is 387 g/mol. The Morgan fingerprint density at radius 2 is 2.03 bits per heavy atom. The molecule has 0 spiro atoms. The molecule has 1 unspecified atom stereocenters. The van der Waals surface area contributed by atoms with Crippen molar-refractivity contribution in [3.05, 3.63) is 56.7 Å². The van der Waals surface area contributed by atoms with Crippen LogP contribution in [0, 0.1) is 11.7 Å². The number of nitrogens with one attached hydrogen (secondary N) is 1. The number of H-pyrrole nitrogens is 1. The summed E-state index contributed by atoms with van der Waals surface area (Å²) in [7, 11) is 0. The van der Waals surface area contributed by atoms with Gasteiger partial charge in [0.1, 0.15) is 16.5 Å². The molecule has 29 heavy (non-hydrogen) atoms. The number of aromatic amines is 1. The van der Waals surface area contributed by atoms with Crippen molar-refractivity contribution >= 4 is 27.2 Å². The van der Waals surface area contributed by atoms with Crippen molar-refractivity contribution < 1.29 is 4.39 Å². The molecular formula is C22H25FN4OS. The van der Waals surface area contributed by atoms with Crippen LogP contribution in [-0.2, 0) is 19.4 Å². The van der Waals surface area contributed by atoms with Gasteiger partial charge in [-0.1, -0.05) is 19.1 Å². The normalized spacial score (nSPS) is 20.2. The molecule has 0 radical (unpaired) electrons. The van der Waals surface area contributed by atoms with Crippen molar-refractivity contribution in [2.24, 2.45) is 5.92 Å². The Hall–Kier alpha value is -2.25. The summed E-state index contributed by atoms with van der Waals surface area (Å²) in [5.74, 6) is 1.24. The number of anilines is 1. The van der Waals surface area contributed by atoms with E-state index in [1.165, 1.54) is 16.5 Å². The Morgan fingerprint density at radius 1 is 1.24 bits per heavy atom. The van der Waals surface area contributed by atoms with Gasteiger partial charge in [-0.3, -0.25) is 9.69 Å². The third-order valence-corrected chi connectivity index (χ3v) is 7.30. The molecule has 7 heteroatoms. The number of hydrogen-bond donors (Lipinski definition) is 1. The van der Waals surface area contributed by atoms with Gasteiger partial charge in [0, 0.05) is 31.1 Å². The number of para-hydroxylation sites is 1. The smallest absolute Gasteiger partial charge is 0.259 e. The van der Waals surface area contributed by atoms with E-state index >= 15 is 0 Å². The molecule has 1 N–H and O–H groups in total. The Kier molecular flexibility index (Phi) is 4.87. The Morgan fingerprint density at radius 3 is 2.83 bits per heavy atom. The van der Waals surface area contributed by atoms with Crippen LogP contribution in [0.15, 0.2) is 29.1 Å². The maximum Gasteiger partial charge on any atom is 0.259 e. The summed E-state index contributed by atoms with van der Waals surface area (Å²) in [6.07, 6.45) is 3.19. The number of aromatic nitrogens is 2. The largest absolute Gasteiger partial charge is 0.367 e. The molecule has 0 saturated carbocycles. The van der Waals surface area contributed by atoms with Crippen LogP contribution >= 0.6 is 11.3 Å². The molecule has 0 bridgehead atoms. The van der Waals surface area contributed by atoms with Crippen molar-refractivity contribution in [1.29, 1.82) is 0 Å². The minimum Gasteiger partial charge on any atom is -0.367 e. The number of benzene rings is 1. The van der Waals surface area contributed by atoms with E-state index in [1.54, 1.807) is 17.4 Å². The summed E-state index contributed by atoms with van der Waals surface area (Å²) in [5, 5.41) is 0.810. The van der Waals surface area contributed by atoms with E-state index in [2.05, 4.69) is 21.7 Å². The number of halogens is 1. The number of piperazine rings is 1. The summed E-state index contributed by atoms with van der Waals surface area (Å²) in [4.78, 5) is 27.2. The maximum absolute atomic E-state index is 14.0. The first-order valence-corrected chi connectivity index (χ1v) is 11.2. The molecule has 1 aliphatic heterocycles. The predicted octanol–water partition coefficient (Wildman–Crippen LogP) is 3.57. The van der Waals surface area contributed by atoms with Crippen molar-refractivity contribution in [2.75, 3.05) is 31.1 Å². The first kappa shape index (κ1) is 18.8. The van der Waals surface area contributed by atoms with E-state index in [0.29, 0.717) is 18.2 Å².